The van der Waals surface area contributed by atoms with E-state index in [2.05, 4.69) is 55.0 Å². The highest BCUT2D eigenvalue weighted by Gasteiger charge is 2.11. The number of aryl methyl sites for hydroxylation is 1. The molecule has 0 N–H and O–H groups in total. The van der Waals surface area contributed by atoms with Crippen molar-refractivity contribution in [3.63, 3.8) is 0 Å². The van der Waals surface area contributed by atoms with E-state index in [4.69, 9.17) is 0 Å². The van der Waals surface area contributed by atoms with Gasteiger partial charge in [-0.1, -0.05) is 45.0 Å². The normalized spacial score (nSPS) is 11.6. The fourth-order valence-electron chi connectivity index (χ4n) is 2.99. The zero-order valence-corrected chi connectivity index (χ0v) is 17.2. The molecule has 6 heteroatoms. The van der Waals surface area contributed by atoms with Crippen LogP contribution >= 0.6 is 22.7 Å². The molecule has 3 heterocycles. The van der Waals surface area contributed by atoms with Crippen LogP contribution in [0.25, 0.3) is 20.8 Å². The highest BCUT2D eigenvalue weighted by atomic mass is 32.1. The first-order valence-electron chi connectivity index (χ1n) is 9.08. The minimum atomic E-state index is 0.0205. The third-order valence-corrected chi connectivity index (χ3v) is 6.84. The van der Waals surface area contributed by atoms with Crippen molar-refractivity contribution in [2.45, 2.75) is 39.7 Å². The number of aromatic nitrogens is 3. The molecule has 1 aromatic carbocycles. The molecule has 138 valence electrons. The van der Waals surface area contributed by atoms with Crippen LogP contribution in [0.2, 0.25) is 0 Å². The van der Waals surface area contributed by atoms with Crippen molar-refractivity contribution < 1.29 is 0 Å². The van der Waals surface area contributed by atoms with E-state index in [0.29, 0.717) is 17.8 Å². The van der Waals surface area contributed by atoms with E-state index in [-0.39, 0.29) is 5.56 Å². The van der Waals surface area contributed by atoms with E-state index in [0.717, 1.165) is 26.7 Å². The molecule has 0 saturated heterocycles. The van der Waals surface area contributed by atoms with Crippen molar-refractivity contribution >= 4 is 32.9 Å². The Morgan fingerprint density at radius 2 is 1.85 bits per heavy atom. The second-order valence-electron chi connectivity index (χ2n) is 6.87. The molecular weight excluding hydrogens is 374 g/mol. The average molecular weight is 396 g/mol. The fourth-order valence-corrected chi connectivity index (χ4v) is 4.83. The summed E-state index contributed by atoms with van der Waals surface area (Å²) >= 11 is 3.22. The minimum absolute atomic E-state index is 0.0205. The van der Waals surface area contributed by atoms with Crippen molar-refractivity contribution in [1.82, 2.24) is 14.5 Å². The zero-order chi connectivity index (χ0) is 19.0. The molecule has 0 aliphatic rings. The summed E-state index contributed by atoms with van der Waals surface area (Å²) in [6.45, 7) is 6.97. The molecule has 0 bridgehead atoms. The Morgan fingerprint density at radius 1 is 1.07 bits per heavy atom. The first kappa shape index (κ1) is 18.1. The summed E-state index contributed by atoms with van der Waals surface area (Å²) in [5.41, 5.74) is 2.46. The molecule has 4 nitrogen and oxygen atoms in total. The van der Waals surface area contributed by atoms with Crippen LogP contribution in [0, 0.1) is 0 Å². The second-order valence-corrected chi connectivity index (χ2v) is 9.10. The van der Waals surface area contributed by atoms with Crippen molar-refractivity contribution in [2.75, 3.05) is 0 Å². The van der Waals surface area contributed by atoms with Crippen molar-refractivity contribution in [2.24, 2.45) is 0 Å². The summed E-state index contributed by atoms with van der Waals surface area (Å²) < 4.78 is 1.67. The van der Waals surface area contributed by atoms with Gasteiger partial charge < -0.3 is 0 Å². The first-order chi connectivity index (χ1) is 13.0. The monoisotopic (exact) mass is 395 g/mol. The fraction of sp³-hybridized carbons (Fsp3) is 0.286. The van der Waals surface area contributed by atoms with Gasteiger partial charge >= 0.3 is 0 Å². The first-order valence-corrected chi connectivity index (χ1v) is 10.7. The van der Waals surface area contributed by atoms with Gasteiger partial charge in [-0.15, -0.1) is 22.7 Å². The van der Waals surface area contributed by atoms with Crippen LogP contribution < -0.4 is 5.56 Å². The van der Waals surface area contributed by atoms with Crippen LogP contribution in [0.1, 0.15) is 42.0 Å². The Balaban J connectivity index is 1.60. The molecule has 0 spiro atoms. The van der Waals surface area contributed by atoms with Crippen LogP contribution in [-0.4, -0.2) is 14.5 Å². The Labute approximate surface area is 166 Å². The zero-order valence-electron chi connectivity index (χ0n) is 15.6. The van der Waals surface area contributed by atoms with Crippen LogP contribution in [0.3, 0.4) is 0 Å². The second kappa shape index (κ2) is 7.37. The highest BCUT2D eigenvalue weighted by molar-refractivity contribution is 7.18. The number of thiazole rings is 1. The molecule has 0 amide bonds. The number of nitrogens with zero attached hydrogens (tertiary/aromatic N) is 3. The van der Waals surface area contributed by atoms with Gasteiger partial charge in [-0.2, -0.15) is 0 Å². The molecule has 0 atom stereocenters. The van der Waals surface area contributed by atoms with Crippen LogP contribution in [0.5, 0.6) is 0 Å². The van der Waals surface area contributed by atoms with Gasteiger partial charge in [-0.25, -0.2) is 9.97 Å². The Hall–Kier alpha value is -2.31. The van der Waals surface area contributed by atoms with Crippen molar-refractivity contribution in [3.8, 4) is 10.6 Å². The molecule has 0 fully saturated rings. The molecule has 0 unspecified atom stereocenters. The molecule has 4 aromatic rings. The summed E-state index contributed by atoms with van der Waals surface area (Å²) in [6, 6.07) is 10.5. The molecule has 3 aromatic heterocycles. The number of thiophene rings is 1. The molecule has 27 heavy (non-hydrogen) atoms. The van der Waals surface area contributed by atoms with E-state index >= 15 is 0 Å². The van der Waals surface area contributed by atoms with Crippen molar-refractivity contribution in [1.29, 1.82) is 0 Å². The van der Waals surface area contributed by atoms with E-state index in [1.54, 1.807) is 33.6 Å². The van der Waals surface area contributed by atoms with Crippen LogP contribution in [0.15, 0.2) is 47.7 Å². The summed E-state index contributed by atoms with van der Waals surface area (Å²) in [6.07, 6.45) is 4.43. The molecule has 4 rings (SSSR count). The van der Waals surface area contributed by atoms with Gasteiger partial charge in [0.05, 0.1) is 18.3 Å². The van der Waals surface area contributed by atoms with E-state index in [1.807, 2.05) is 12.3 Å². The van der Waals surface area contributed by atoms with Crippen LogP contribution in [0.4, 0.5) is 0 Å². The largest absolute Gasteiger partial charge is 0.293 e. The molecule has 0 aliphatic heterocycles. The highest BCUT2D eigenvalue weighted by Crippen LogP contribution is 2.27. The molecule has 0 radical (unpaired) electrons. The number of rotatable bonds is 5. The predicted octanol–water partition coefficient (Wildman–Crippen LogP) is 5.32. The summed E-state index contributed by atoms with van der Waals surface area (Å²) in [5, 5.41) is 1.69. The number of benzene rings is 1. The third-order valence-electron chi connectivity index (χ3n) is 4.62. The van der Waals surface area contributed by atoms with Crippen LogP contribution in [-0.2, 0) is 13.0 Å². The van der Waals surface area contributed by atoms with E-state index in [9.17, 15) is 4.79 Å². The van der Waals surface area contributed by atoms with Gasteiger partial charge in [-0.3, -0.25) is 9.36 Å². The predicted molar refractivity (Wildman–Crippen MR) is 114 cm³/mol. The maximum absolute atomic E-state index is 12.8. The standard InChI is InChI=1S/C21H21N3OS2/c1-4-16-9-18-20(26-16)23-12-24(21(18)25)11-17-10-22-19(27-17)15-7-5-14(6-8-15)13(2)3/h5-10,12-13H,4,11H2,1-3H3. The smallest absolute Gasteiger partial charge is 0.262 e. The van der Waals surface area contributed by atoms with E-state index < -0.39 is 0 Å². The molecule has 0 saturated carbocycles. The Kier molecular flexibility index (Phi) is 4.93. The quantitative estimate of drug-likeness (QED) is 0.460. The summed E-state index contributed by atoms with van der Waals surface area (Å²) in [5.74, 6) is 0.519. The number of hydrogen-bond acceptors (Lipinski definition) is 5. The lowest BCUT2D eigenvalue weighted by molar-refractivity contribution is 0.758. The Morgan fingerprint density at radius 3 is 2.56 bits per heavy atom. The summed E-state index contributed by atoms with van der Waals surface area (Å²) in [4.78, 5) is 24.8. The lowest BCUT2D eigenvalue weighted by Gasteiger charge is -2.05. The molecular formula is C21H21N3OS2. The maximum Gasteiger partial charge on any atom is 0.262 e. The van der Waals surface area contributed by atoms with Gasteiger partial charge in [0.25, 0.3) is 5.56 Å². The van der Waals surface area contributed by atoms with Gasteiger partial charge in [-0.05, 0) is 24.0 Å². The van der Waals surface area contributed by atoms with Gasteiger partial charge in [0, 0.05) is 21.5 Å². The third kappa shape index (κ3) is 3.59. The number of hydrogen-bond donors (Lipinski definition) is 0. The van der Waals surface area contributed by atoms with E-state index in [1.165, 1.54) is 10.4 Å². The summed E-state index contributed by atoms with van der Waals surface area (Å²) in [7, 11) is 0. The van der Waals surface area contributed by atoms with Gasteiger partial charge in [0.15, 0.2) is 0 Å². The SMILES string of the molecule is CCc1cc2c(=O)n(Cc3cnc(-c4ccc(C(C)C)cc4)s3)cnc2s1. The number of fused-ring (bicyclic) bond motifs is 1. The minimum Gasteiger partial charge on any atom is -0.293 e. The topological polar surface area (TPSA) is 47.8 Å². The van der Waals surface area contributed by atoms with Crippen molar-refractivity contribution in [3.05, 3.63) is 68.5 Å². The maximum atomic E-state index is 12.8. The Bertz CT molecular complexity index is 1140. The lowest BCUT2D eigenvalue weighted by Crippen LogP contribution is -2.20. The van der Waals surface area contributed by atoms with Gasteiger partial charge in [0.1, 0.15) is 9.84 Å². The molecule has 0 aliphatic carbocycles. The average Bonchev–Trinajstić information content (AvgIpc) is 3.31. The van der Waals surface area contributed by atoms with Gasteiger partial charge in [0.2, 0.25) is 0 Å². The lowest BCUT2D eigenvalue weighted by atomic mass is 10.0.